The third kappa shape index (κ3) is 5.43. The summed E-state index contributed by atoms with van der Waals surface area (Å²) in [6, 6.07) is 4.18. The SMILES string of the molecule is CN(C)C(=O)CCCC(=O)Nc1ccc(C(=O)O)c(Cl)c1. The summed E-state index contributed by atoms with van der Waals surface area (Å²) in [6.45, 7) is 0. The Morgan fingerprint density at radius 3 is 2.43 bits per heavy atom. The minimum atomic E-state index is -1.12. The van der Waals surface area contributed by atoms with E-state index in [4.69, 9.17) is 16.7 Å². The lowest BCUT2D eigenvalue weighted by Crippen LogP contribution is -2.21. The van der Waals surface area contributed by atoms with Crippen molar-refractivity contribution in [2.45, 2.75) is 19.3 Å². The molecule has 2 amide bonds. The van der Waals surface area contributed by atoms with Gasteiger partial charge >= 0.3 is 5.97 Å². The summed E-state index contributed by atoms with van der Waals surface area (Å²) in [5, 5.41) is 11.5. The molecule has 0 aliphatic rings. The molecule has 1 aromatic rings. The fourth-order valence-corrected chi connectivity index (χ4v) is 1.87. The standard InChI is InChI=1S/C14H17ClN2O4/c1-17(2)13(19)5-3-4-12(18)16-9-6-7-10(14(20)21)11(15)8-9/h6-8H,3-5H2,1-2H3,(H,16,18)(H,20,21). The Bertz CT molecular complexity index is 558. The predicted molar refractivity (Wildman–Crippen MR) is 79.6 cm³/mol. The number of hydrogen-bond donors (Lipinski definition) is 2. The van der Waals surface area contributed by atoms with E-state index in [-0.39, 0.29) is 28.8 Å². The van der Waals surface area contributed by atoms with Gasteiger partial charge in [0, 0.05) is 32.6 Å². The van der Waals surface area contributed by atoms with E-state index in [2.05, 4.69) is 5.32 Å². The van der Waals surface area contributed by atoms with Crippen molar-refractivity contribution in [2.24, 2.45) is 0 Å². The molecular formula is C14H17ClN2O4. The molecule has 0 radical (unpaired) electrons. The van der Waals surface area contributed by atoms with Crippen LogP contribution in [0.15, 0.2) is 18.2 Å². The van der Waals surface area contributed by atoms with Crippen LogP contribution in [0.25, 0.3) is 0 Å². The number of carboxylic acids is 1. The molecule has 0 atom stereocenters. The lowest BCUT2D eigenvalue weighted by atomic mass is 10.2. The summed E-state index contributed by atoms with van der Waals surface area (Å²) in [7, 11) is 3.32. The number of anilines is 1. The van der Waals surface area contributed by atoms with E-state index >= 15 is 0 Å². The number of carbonyl (C=O) groups is 3. The Balaban J connectivity index is 2.50. The second-order valence-corrected chi connectivity index (χ2v) is 5.10. The molecular weight excluding hydrogens is 296 g/mol. The van der Waals surface area contributed by atoms with Crippen molar-refractivity contribution in [3.8, 4) is 0 Å². The highest BCUT2D eigenvalue weighted by Crippen LogP contribution is 2.21. The summed E-state index contributed by atoms with van der Waals surface area (Å²) in [5.41, 5.74) is 0.403. The molecule has 0 spiro atoms. The largest absolute Gasteiger partial charge is 0.478 e. The van der Waals surface area contributed by atoms with E-state index in [0.29, 0.717) is 18.5 Å². The highest BCUT2D eigenvalue weighted by Gasteiger charge is 2.11. The molecule has 1 rings (SSSR count). The second kappa shape index (κ2) is 7.64. The van der Waals surface area contributed by atoms with Crippen molar-refractivity contribution in [1.82, 2.24) is 4.90 Å². The number of rotatable bonds is 6. The smallest absolute Gasteiger partial charge is 0.337 e. The van der Waals surface area contributed by atoms with Gasteiger partial charge in [-0.2, -0.15) is 0 Å². The number of carboxylic acid groups (broad SMARTS) is 1. The van der Waals surface area contributed by atoms with Crippen molar-refractivity contribution < 1.29 is 19.5 Å². The van der Waals surface area contributed by atoms with Crippen molar-refractivity contribution in [3.63, 3.8) is 0 Å². The van der Waals surface area contributed by atoms with Gasteiger partial charge in [0.25, 0.3) is 0 Å². The number of nitrogens with zero attached hydrogens (tertiary/aromatic N) is 1. The Morgan fingerprint density at radius 2 is 1.90 bits per heavy atom. The minimum absolute atomic E-state index is 0.0220. The molecule has 6 nitrogen and oxygen atoms in total. The van der Waals surface area contributed by atoms with Crippen molar-refractivity contribution in [3.05, 3.63) is 28.8 Å². The normalized spacial score (nSPS) is 10.0. The average molecular weight is 313 g/mol. The van der Waals surface area contributed by atoms with Crippen molar-refractivity contribution in [1.29, 1.82) is 0 Å². The highest BCUT2D eigenvalue weighted by atomic mass is 35.5. The fraction of sp³-hybridized carbons (Fsp3) is 0.357. The van der Waals surface area contributed by atoms with Gasteiger partial charge in [-0.1, -0.05) is 11.6 Å². The van der Waals surface area contributed by atoms with Crippen LogP contribution in [0.3, 0.4) is 0 Å². The second-order valence-electron chi connectivity index (χ2n) is 4.69. The minimum Gasteiger partial charge on any atom is -0.478 e. The zero-order valence-corrected chi connectivity index (χ0v) is 12.6. The van der Waals surface area contributed by atoms with Crippen LogP contribution in [0.2, 0.25) is 5.02 Å². The predicted octanol–water partition coefficient (Wildman–Crippen LogP) is 2.24. The number of benzene rings is 1. The van der Waals surface area contributed by atoms with E-state index in [1.807, 2.05) is 0 Å². The topological polar surface area (TPSA) is 86.7 Å². The molecule has 0 unspecified atom stereocenters. The third-order valence-corrected chi connectivity index (χ3v) is 3.09. The van der Waals surface area contributed by atoms with Gasteiger partial charge in [0.05, 0.1) is 10.6 Å². The fourth-order valence-electron chi connectivity index (χ4n) is 1.61. The molecule has 114 valence electrons. The molecule has 0 aromatic heterocycles. The quantitative estimate of drug-likeness (QED) is 0.843. The maximum absolute atomic E-state index is 11.7. The number of hydrogen-bond acceptors (Lipinski definition) is 3. The molecule has 7 heteroatoms. The molecule has 0 heterocycles. The first-order valence-electron chi connectivity index (χ1n) is 6.34. The molecule has 0 aliphatic carbocycles. The molecule has 21 heavy (non-hydrogen) atoms. The first-order valence-corrected chi connectivity index (χ1v) is 6.72. The first kappa shape index (κ1) is 17.0. The number of halogens is 1. The molecule has 0 aliphatic heterocycles. The van der Waals surface area contributed by atoms with Gasteiger partial charge < -0.3 is 15.3 Å². The van der Waals surface area contributed by atoms with Gasteiger partial charge in [-0.25, -0.2) is 4.79 Å². The van der Waals surface area contributed by atoms with Gasteiger partial charge in [-0.15, -0.1) is 0 Å². The zero-order valence-electron chi connectivity index (χ0n) is 11.9. The van der Waals surface area contributed by atoms with Crippen LogP contribution in [0, 0.1) is 0 Å². The van der Waals surface area contributed by atoms with Crippen molar-refractivity contribution in [2.75, 3.05) is 19.4 Å². The van der Waals surface area contributed by atoms with E-state index in [9.17, 15) is 14.4 Å². The van der Waals surface area contributed by atoms with Gasteiger partial charge in [0.2, 0.25) is 11.8 Å². The lowest BCUT2D eigenvalue weighted by molar-refractivity contribution is -0.128. The van der Waals surface area contributed by atoms with Gasteiger partial charge in [0.15, 0.2) is 0 Å². The van der Waals surface area contributed by atoms with Crippen LogP contribution >= 0.6 is 11.6 Å². The lowest BCUT2D eigenvalue weighted by Gasteiger charge is -2.10. The van der Waals surface area contributed by atoms with Crippen molar-refractivity contribution >= 4 is 35.1 Å². The van der Waals surface area contributed by atoms with E-state index in [1.54, 1.807) is 14.1 Å². The van der Waals surface area contributed by atoms with Gasteiger partial charge in [0.1, 0.15) is 0 Å². The summed E-state index contributed by atoms with van der Waals surface area (Å²) in [5.74, 6) is -1.41. The summed E-state index contributed by atoms with van der Waals surface area (Å²) in [6.07, 6.45) is 0.959. The summed E-state index contributed by atoms with van der Waals surface area (Å²) >= 11 is 5.81. The Kier molecular flexibility index (Phi) is 6.17. The summed E-state index contributed by atoms with van der Waals surface area (Å²) < 4.78 is 0. The maximum atomic E-state index is 11.7. The highest BCUT2D eigenvalue weighted by molar-refractivity contribution is 6.33. The summed E-state index contributed by atoms with van der Waals surface area (Å²) in [4.78, 5) is 35.3. The number of carbonyl (C=O) groups excluding carboxylic acids is 2. The zero-order chi connectivity index (χ0) is 16.0. The first-order chi connectivity index (χ1) is 9.81. The number of aromatic carboxylic acids is 1. The van der Waals surface area contributed by atoms with E-state index in [0.717, 1.165) is 0 Å². The van der Waals surface area contributed by atoms with E-state index < -0.39 is 5.97 Å². The Labute approximate surface area is 127 Å². The molecule has 0 saturated carbocycles. The molecule has 1 aromatic carbocycles. The van der Waals surface area contributed by atoms with Gasteiger partial charge in [-0.05, 0) is 24.6 Å². The van der Waals surface area contributed by atoms with Crippen LogP contribution in [0.5, 0.6) is 0 Å². The monoisotopic (exact) mass is 312 g/mol. The third-order valence-electron chi connectivity index (χ3n) is 2.78. The molecule has 0 bridgehead atoms. The molecule has 0 fully saturated rings. The van der Waals surface area contributed by atoms with Crippen LogP contribution in [0.4, 0.5) is 5.69 Å². The molecule has 2 N–H and O–H groups in total. The Morgan fingerprint density at radius 1 is 1.24 bits per heavy atom. The maximum Gasteiger partial charge on any atom is 0.337 e. The van der Waals surface area contributed by atoms with Gasteiger partial charge in [-0.3, -0.25) is 9.59 Å². The van der Waals surface area contributed by atoms with Crippen LogP contribution < -0.4 is 5.32 Å². The van der Waals surface area contributed by atoms with Crippen LogP contribution in [-0.2, 0) is 9.59 Å². The Hall–Kier alpha value is -2.08. The average Bonchev–Trinajstić information content (AvgIpc) is 2.37. The van der Waals surface area contributed by atoms with Crippen LogP contribution in [0.1, 0.15) is 29.6 Å². The number of nitrogens with one attached hydrogen (secondary N) is 1. The number of amides is 2. The van der Waals surface area contributed by atoms with Crippen LogP contribution in [-0.4, -0.2) is 41.9 Å². The molecule has 0 saturated heterocycles. The van der Waals surface area contributed by atoms with E-state index in [1.165, 1.54) is 23.1 Å².